The first-order chi connectivity index (χ1) is 15.2. The third-order valence-corrected chi connectivity index (χ3v) is 4.81. The second-order valence-electron chi connectivity index (χ2n) is 7.55. The van der Waals surface area contributed by atoms with Crippen LogP contribution < -0.4 is 5.32 Å². The molecule has 3 rings (SSSR count). The molecule has 0 fully saturated rings. The van der Waals surface area contributed by atoms with Gasteiger partial charge in [-0.25, -0.2) is 4.99 Å². The van der Waals surface area contributed by atoms with Crippen molar-refractivity contribution >= 4 is 17.3 Å². The molecule has 3 aromatic carbocycles. The van der Waals surface area contributed by atoms with Gasteiger partial charge in [-0.15, -0.1) is 0 Å². The van der Waals surface area contributed by atoms with E-state index in [4.69, 9.17) is 4.99 Å². The van der Waals surface area contributed by atoms with E-state index >= 15 is 0 Å². The molecule has 0 bridgehead atoms. The number of rotatable bonds is 6. The number of para-hydroxylation sites is 1. The fraction of sp³-hybridized carbons (Fsp3) is 0.250. The average Bonchev–Trinajstić information content (AvgIpc) is 2.79. The molecule has 0 spiro atoms. The van der Waals surface area contributed by atoms with E-state index in [0.717, 1.165) is 54.4 Å². The standard InChI is InChI=1S/C28H31N3/c1-4-20-31(21-5-2)28(29-26-16-11-12-23(3)22-26)30-27-17-10-9-15-25(27)19-18-24-13-7-6-8-14-24/h6-17,22H,4-5,20-21H2,1-3H3,(H,29,30). The molecule has 31 heavy (non-hydrogen) atoms. The number of aliphatic imine (C=N–C) groups is 1. The zero-order valence-electron chi connectivity index (χ0n) is 18.7. The van der Waals surface area contributed by atoms with Crippen molar-refractivity contribution in [3.8, 4) is 11.8 Å². The molecule has 3 aromatic rings. The first-order valence-corrected chi connectivity index (χ1v) is 11.0. The van der Waals surface area contributed by atoms with Crippen molar-refractivity contribution in [2.24, 2.45) is 4.99 Å². The fourth-order valence-corrected chi connectivity index (χ4v) is 3.34. The summed E-state index contributed by atoms with van der Waals surface area (Å²) in [5.74, 6) is 7.43. The van der Waals surface area contributed by atoms with E-state index in [1.807, 2.05) is 54.6 Å². The van der Waals surface area contributed by atoms with Gasteiger partial charge in [0, 0.05) is 24.3 Å². The highest BCUT2D eigenvalue weighted by Gasteiger charge is 2.12. The topological polar surface area (TPSA) is 27.6 Å². The molecular formula is C28H31N3. The molecule has 0 radical (unpaired) electrons. The summed E-state index contributed by atoms with van der Waals surface area (Å²) in [4.78, 5) is 7.39. The summed E-state index contributed by atoms with van der Waals surface area (Å²) >= 11 is 0. The highest BCUT2D eigenvalue weighted by molar-refractivity contribution is 5.95. The van der Waals surface area contributed by atoms with Crippen LogP contribution in [-0.4, -0.2) is 23.9 Å². The predicted molar refractivity (Wildman–Crippen MR) is 133 cm³/mol. The molecule has 158 valence electrons. The maximum absolute atomic E-state index is 5.06. The van der Waals surface area contributed by atoms with Crippen molar-refractivity contribution in [1.29, 1.82) is 0 Å². The monoisotopic (exact) mass is 409 g/mol. The number of anilines is 1. The Labute approximate surface area is 186 Å². The van der Waals surface area contributed by atoms with Crippen LogP contribution in [0.2, 0.25) is 0 Å². The first kappa shape index (κ1) is 22.2. The summed E-state index contributed by atoms with van der Waals surface area (Å²) in [7, 11) is 0. The van der Waals surface area contributed by atoms with Gasteiger partial charge < -0.3 is 10.2 Å². The van der Waals surface area contributed by atoms with E-state index in [1.165, 1.54) is 5.56 Å². The van der Waals surface area contributed by atoms with E-state index in [-0.39, 0.29) is 0 Å². The second kappa shape index (κ2) is 11.6. The van der Waals surface area contributed by atoms with E-state index in [0.29, 0.717) is 0 Å². The van der Waals surface area contributed by atoms with Crippen molar-refractivity contribution in [2.75, 3.05) is 18.4 Å². The van der Waals surface area contributed by atoms with Gasteiger partial charge in [0.05, 0.1) is 11.3 Å². The van der Waals surface area contributed by atoms with E-state index in [1.54, 1.807) is 0 Å². The van der Waals surface area contributed by atoms with E-state index < -0.39 is 0 Å². The van der Waals surface area contributed by atoms with Gasteiger partial charge in [0.15, 0.2) is 0 Å². The third-order valence-electron chi connectivity index (χ3n) is 4.81. The average molecular weight is 410 g/mol. The van der Waals surface area contributed by atoms with Gasteiger partial charge in [-0.3, -0.25) is 0 Å². The number of hydrogen-bond donors (Lipinski definition) is 1. The molecule has 0 saturated carbocycles. The van der Waals surface area contributed by atoms with Gasteiger partial charge in [0.25, 0.3) is 0 Å². The molecule has 0 heterocycles. The van der Waals surface area contributed by atoms with Crippen LogP contribution in [0.25, 0.3) is 0 Å². The zero-order chi connectivity index (χ0) is 21.9. The molecule has 0 aliphatic heterocycles. The fourth-order valence-electron chi connectivity index (χ4n) is 3.34. The normalized spacial score (nSPS) is 10.9. The molecule has 3 heteroatoms. The van der Waals surface area contributed by atoms with Gasteiger partial charge in [-0.05, 0) is 61.7 Å². The largest absolute Gasteiger partial charge is 0.342 e. The maximum Gasteiger partial charge on any atom is 0.203 e. The highest BCUT2D eigenvalue weighted by Crippen LogP contribution is 2.20. The molecule has 0 aliphatic rings. The SMILES string of the molecule is CCCN(CCC)C(=Nc1ccccc1C#Cc1ccccc1)Nc1cccc(C)c1. The highest BCUT2D eigenvalue weighted by atomic mass is 15.3. The Morgan fingerprint density at radius 3 is 2.26 bits per heavy atom. The summed E-state index contributed by atoms with van der Waals surface area (Å²) in [6.45, 7) is 8.40. The number of guanidine groups is 1. The minimum atomic E-state index is 0.864. The number of nitrogens with zero attached hydrogens (tertiary/aromatic N) is 2. The molecule has 0 unspecified atom stereocenters. The van der Waals surface area contributed by atoms with Gasteiger partial charge in [-0.2, -0.15) is 0 Å². The molecule has 0 saturated heterocycles. The minimum Gasteiger partial charge on any atom is -0.342 e. The molecule has 3 nitrogen and oxygen atoms in total. The van der Waals surface area contributed by atoms with Crippen molar-refractivity contribution in [3.05, 3.63) is 95.6 Å². The molecule has 0 aliphatic carbocycles. The Kier molecular flexibility index (Phi) is 8.31. The summed E-state index contributed by atoms with van der Waals surface area (Å²) in [6, 6.07) is 26.5. The number of benzene rings is 3. The molecule has 1 N–H and O–H groups in total. The van der Waals surface area contributed by atoms with Crippen LogP contribution in [0.3, 0.4) is 0 Å². The lowest BCUT2D eigenvalue weighted by atomic mass is 10.1. The van der Waals surface area contributed by atoms with Crippen molar-refractivity contribution in [2.45, 2.75) is 33.6 Å². The quantitative estimate of drug-likeness (QED) is 0.281. The Morgan fingerprint density at radius 1 is 0.839 bits per heavy atom. The number of aryl methyl sites for hydroxylation is 1. The van der Waals surface area contributed by atoms with Gasteiger partial charge >= 0.3 is 0 Å². The van der Waals surface area contributed by atoms with Gasteiger partial charge in [0.2, 0.25) is 5.96 Å². The van der Waals surface area contributed by atoms with Crippen LogP contribution in [0.4, 0.5) is 11.4 Å². The van der Waals surface area contributed by atoms with Crippen molar-refractivity contribution in [3.63, 3.8) is 0 Å². The van der Waals surface area contributed by atoms with Gasteiger partial charge in [0.1, 0.15) is 0 Å². The Balaban J connectivity index is 2.00. The first-order valence-electron chi connectivity index (χ1n) is 11.0. The van der Waals surface area contributed by atoms with Crippen LogP contribution in [0, 0.1) is 18.8 Å². The maximum atomic E-state index is 5.06. The van der Waals surface area contributed by atoms with Crippen LogP contribution in [-0.2, 0) is 0 Å². The number of nitrogens with one attached hydrogen (secondary N) is 1. The zero-order valence-corrected chi connectivity index (χ0v) is 18.7. The summed E-state index contributed by atoms with van der Waals surface area (Å²) in [6.07, 6.45) is 2.12. The summed E-state index contributed by atoms with van der Waals surface area (Å²) in [5.41, 5.74) is 5.05. The lowest BCUT2D eigenvalue weighted by Crippen LogP contribution is -2.37. The Morgan fingerprint density at radius 2 is 1.55 bits per heavy atom. The second-order valence-corrected chi connectivity index (χ2v) is 7.55. The molecular weight excluding hydrogens is 378 g/mol. The third kappa shape index (κ3) is 6.76. The smallest absolute Gasteiger partial charge is 0.203 e. The van der Waals surface area contributed by atoms with Gasteiger partial charge in [-0.1, -0.05) is 68.2 Å². The van der Waals surface area contributed by atoms with Crippen LogP contribution in [0.5, 0.6) is 0 Å². The van der Waals surface area contributed by atoms with E-state index in [2.05, 4.69) is 67.1 Å². The van der Waals surface area contributed by atoms with E-state index in [9.17, 15) is 0 Å². The van der Waals surface area contributed by atoms with Crippen molar-refractivity contribution < 1.29 is 0 Å². The van der Waals surface area contributed by atoms with Crippen LogP contribution in [0.15, 0.2) is 83.9 Å². The van der Waals surface area contributed by atoms with Crippen LogP contribution in [0.1, 0.15) is 43.4 Å². The van der Waals surface area contributed by atoms with Crippen LogP contribution >= 0.6 is 0 Å². The molecule has 0 aromatic heterocycles. The molecule has 0 amide bonds. The van der Waals surface area contributed by atoms with Crippen molar-refractivity contribution in [1.82, 2.24) is 4.90 Å². The lowest BCUT2D eigenvalue weighted by molar-refractivity contribution is 0.416. The molecule has 0 atom stereocenters. The number of hydrogen-bond acceptors (Lipinski definition) is 1. The Bertz CT molecular complexity index is 1050. The minimum absolute atomic E-state index is 0.864. The summed E-state index contributed by atoms with van der Waals surface area (Å²) in [5, 5.41) is 3.57. The Hall–Kier alpha value is -3.51. The predicted octanol–water partition coefficient (Wildman–Crippen LogP) is 6.62. The summed E-state index contributed by atoms with van der Waals surface area (Å²) < 4.78 is 0. The lowest BCUT2D eigenvalue weighted by Gasteiger charge is -2.26.